The topological polar surface area (TPSA) is 80.1 Å². The number of nitrogens with zero attached hydrogens (tertiary/aromatic N) is 4. The lowest BCUT2D eigenvalue weighted by molar-refractivity contribution is -0.127. The zero-order valence-electron chi connectivity index (χ0n) is 19.9. The summed E-state index contributed by atoms with van der Waals surface area (Å²) in [5, 5.41) is 11.2. The van der Waals surface area contributed by atoms with E-state index in [0.717, 1.165) is 11.1 Å². The largest absolute Gasteiger partial charge is 0.350 e. The summed E-state index contributed by atoms with van der Waals surface area (Å²) in [6.45, 7) is 0.0803. The first-order chi connectivity index (χ1) is 18.1. The van der Waals surface area contributed by atoms with Crippen LogP contribution in [0.1, 0.15) is 17.2 Å². The molecule has 1 heterocycles. The van der Waals surface area contributed by atoms with Gasteiger partial charge in [-0.1, -0.05) is 78.0 Å². The fourth-order valence-electron chi connectivity index (χ4n) is 4.21. The maximum Gasteiger partial charge on any atom is 0.249 e. The van der Waals surface area contributed by atoms with E-state index in [2.05, 4.69) is 15.6 Å². The highest BCUT2D eigenvalue weighted by molar-refractivity contribution is 6.01. The van der Waals surface area contributed by atoms with Gasteiger partial charge in [-0.15, -0.1) is 5.10 Å². The van der Waals surface area contributed by atoms with Crippen molar-refractivity contribution in [2.45, 2.75) is 19.1 Å². The molecule has 0 aliphatic heterocycles. The van der Waals surface area contributed by atoms with E-state index in [1.165, 1.54) is 21.7 Å². The molecule has 1 N–H and O–H groups in total. The number of carbonyl (C=O) groups excluding carboxylic acids is 2. The van der Waals surface area contributed by atoms with Crippen molar-refractivity contribution in [2.75, 3.05) is 4.90 Å². The second-order valence-electron chi connectivity index (χ2n) is 8.49. The van der Waals surface area contributed by atoms with Gasteiger partial charge in [-0.25, -0.2) is 9.07 Å². The molecule has 184 valence electrons. The van der Waals surface area contributed by atoms with Gasteiger partial charge in [-0.2, -0.15) is 0 Å². The van der Waals surface area contributed by atoms with Gasteiger partial charge in [0.05, 0.1) is 5.52 Å². The SMILES string of the molecule is O=C(NCc1ccc(F)cc1)[C@H](c1ccccc1)N(C(=O)Cn1nnc2ccccc21)c1ccccc1. The number of benzene rings is 4. The third-order valence-electron chi connectivity index (χ3n) is 6.01. The predicted octanol–water partition coefficient (Wildman–Crippen LogP) is 4.66. The Labute approximate surface area is 213 Å². The Bertz CT molecular complexity index is 1500. The summed E-state index contributed by atoms with van der Waals surface area (Å²) in [6, 6.07) is 30.6. The summed E-state index contributed by atoms with van der Waals surface area (Å²) in [4.78, 5) is 29.1. The van der Waals surface area contributed by atoms with Crippen LogP contribution in [0.2, 0.25) is 0 Å². The lowest BCUT2D eigenvalue weighted by Gasteiger charge is -2.31. The number of hydrogen-bond acceptors (Lipinski definition) is 4. The van der Waals surface area contributed by atoms with Gasteiger partial charge in [0, 0.05) is 12.2 Å². The van der Waals surface area contributed by atoms with Crippen molar-refractivity contribution in [3.05, 3.63) is 126 Å². The minimum Gasteiger partial charge on any atom is -0.350 e. The standard InChI is InChI=1S/C29H24FN5O2/c30-23-17-15-21(16-18-23)19-31-29(37)28(22-9-3-1-4-10-22)35(24-11-5-2-6-12-24)27(36)20-34-26-14-8-7-13-25(26)32-33-34/h1-18,28H,19-20H2,(H,31,37)/t28-/m0/s1. The van der Waals surface area contributed by atoms with Crippen LogP contribution in [0.15, 0.2) is 109 Å². The van der Waals surface area contributed by atoms with Crippen LogP contribution in [-0.4, -0.2) is 26.8 Å². The van der Waals surface area contributed by atoms with Crippen LogP contribution >= 0.6 is 0 Å². The van der Waals surface area contributed by atoms with Gasteiger partial charge in [-0.3, -0.25) is 14.5 Å². The van der Waals surface area contributed by atoms with Gasteiger partial charge in [0.25, 0.3) is 0 Å². The Hall–Kier alpha value is -4.85. The highest BCUT2D eigenvalue weighted by Crippen LogP contribution is 2.28. The first-order valence-electron chi connectivity index (χ1n) is 11.8. The molecule has 0 bridgehead atoms. The fourth-order valence-corrected chi connectivity index (χ4v) is 4.21. The van der Waals surface area contributed by atoms with Crippen molar-refractivity contribution in [1.29, 1.82) is 0 Å². The molecule has 2 amide bonds. The van der Waals surface area contributed by atoms with Crippen LogP contribution in [0.25, 0.3) is 11.0 Å². The van der Waals surface area contributed by atoms with E-state index in [-0.39, 0.29) is 30.7 Å². The van der Waals surface area contributed by atoms with E-state index in [0.29, 0.717) is 16.8 Å². The number of para-hydroxylation sites is 2. The van der Waals surface area contributed by atoms with Gasteiger partial charge in [0.15, 0.2) is 0 Å². The van der Waals surface area contributed by atoms with Gasteiger partial charge in [-0.05, 0) is 47.5 Å². The quantitative estimate of drug-likeness (QED) is 0.341. The van der Waals surface area contributed by atoms with Crippen molar-refractivity contribution in [2.24, 2.45) is 0 Å². The number of carbonyl (C=O) groups is 2. The summed E-state index contributed by atoms with van der Waals surface area (Å²) in [6.07, 6.45) is 0. The molecule has 5 aromatic rings. The molecule has 4 aromatic carbocycles. The van der Waals surface area contributed by atoms with Crippen LogP contribution in [0.4, 0.5) is 10.1 Å². The Morgan fingerprint density at radius 3 is 2.22 bits per heavy atom. The Kier molecular flexibility index (Phi) is 6.98. The van der Waals surface area contributed by atoms with Crippen LogP contribution < -0.4 is 10.2 Å². The normalized spacial score (nSPS) is 11.7. The Balaban J connectivity index is 1.50. The van der Waals surface area contributed by atoms with Crippen molar-refractivity contribution >= 4 is 28.5 Å². The fraction of sp³-hybridized carbons (Fsp3) is 0.103. The second kappa shape index (κ2) is 10.8. The van der Waals surface area contributed by atoms with Crippen molar-refractivity contribution in [3.63, 3.8) is 0 Å². The van der Waals surface area contributed by atoms with Crippen LogP contribution in [-0.2, 0) is 22.7 Å². The molecule has 0 aliphatic rings. The minimum absolute atomic E-state index is 0.107. The van der Waals surface area contributed by atoms with E-state index < -0.39 is 6.04 Å². The average Bonchev–Trinajstić information content (AvgIpc) is 3.34. The minimum atomic E-state index is -0.952. The summed E-state index contributed by atoms with van der Waals surface area (Å²) in [7, 11) is 0. The molecule has 0 aliphatic carbocycles. The monoisotopic (exact) mass is 493 g/mol. The summed E-state index contributed by atoms with van der Waals surface area (Å²) in [5.41, 5.74) is 3.37. The lowest BCUT2D eigenvalue weighted by atomic mass is 10.0. The van der Waals surface area contributed by atoms with Crippen molar-refractivity contribution < 1.29 is 14.0 Å². The third-order valence-corrected chi connectivity index (χ3v) is 6.01. The summed E-state index contributed by atoms with van der Waals surface area (Å²) < 4.78 is 14.9. The number of aromatic nitrogens is 3. The van der Waals surface area contributed by atoms with Gasteiger partial charge >= 0.3 is 0 Å². The number of nitrogens with one attached hydrogen (secondary N) is 1. The molecule has 0 spiro atoms. The molecule has 7 nitrogen and oxygen atoms in total. The zero-order chi connectivity index (χ0) is 25.6. The van der Waals surface area contributed by atoms with E-state index in [9.17, 15) is 14.0 Å². The molecule has 0 saturated carbocycles. The summed E-state index contributed by atoms with van der Waals surface area (Å²) >= 11 is 0. The molecule has 0 radical (unpaired) electrons. The molecule has 37 heavy (non-hydrogen) atoms. The predicted molar refractivity (Wildman–Crippen MR) is 139 cm³/mol. The van der Waals surface area contributed by atoms with E-state index in [1.54, 1.807) is 24.3 Å². The van der Waals surface area contributed by atoms with Crippen LogP contribution in [0.5, 0.6) is 0 Å². The molecule has 1 atom stereocenters. The number of amides is 2. The van der Waals surface area contributed by atoms with Gasteiger partial charge < -0.3 is 5.32 Å². The molecular weight excluding hydrogens is 469 g/mol. The Morgan fingerprint density at radius 2 is 1.49 bits per heavy atom. The highest BCUT2D eigenvalue weighted by atomic mass is 19.1. The van der Waals surface area contributed by atoms with E-state index in [4.69, 9.17) is 0 Å². The van der Waals surface area contributed by atoms with Crippen molar-refractivity contribution in [1.82, 2.24) is 20.3 Å². The zero-order valence-corrected chi connectivity index (χ0v) is 19.9. The maximum absolute atomic E-state index is 13.9. The molecule has 5 rings (SSSR count). The number of rotatable bonds is 8. The molecule has 0 unspecified atom stereocenters. The lowest BCUT2D eigenvalue weighted by Crippen LogP contribution is -2.45. The van der Waals surface area contributed by atoms with Crippen LogP contribution in [0, 0.1) is 5.82 Å². The molecule has 0 fully saturated rings. The van der Waals surface area contributed by atoms with Crippen LogP contribution in [0.3, 0.4) is 0 Å². The molecule has 0 saturated heterocycles. The van der Waals surface area contributed by atoms with E-state index >= 15 is 0 Å². The number of halogens is 1. The van der Waals surface area contributed by atoms with E-state index in [1.807, 2.05) is 72.8 Å². The number of anilines is 1. The molecule has 1 aromatic heterocycles. The van der Waals surface area contributed by atoms with Gasteiger partial charge in [0.2, 0.25) is 11.8 Å². The van der Waals surface area contributed by atoms with Gasteiger partial charge in [0.1, 0.15) is 23.9 Å². The Morgan fingerprint density at radius 1 is 0.838 bits per heavy atom. The smallest absolute Gasteiger partial charge is 0.249 e. The number of hydrogen-bond donors (Lipinski definition) is 1. The first kappa shape index (κ1) is 23.9. The first-order valence-corrected chi connectivity index (χ1v) is 11.8. The maximum atomic E-state index is 13.9. The molecule has 8 heteroatoms. The average molecular weight is 494 g/mol. The van der Waals surface area contributed by atoms with Crippen molar-refractivity contribution in [3.8, 4) is 0 Å². The highest BCUT2D eigenvalue weighted by Gasteiger charge is 2.33. The third kappa shape index (κ3) is 5.38. The number of fused-ring (bicyclic) bond motifs is 1. The molecular formula is C29H24FN5O2. The second-order valence-corrected chi connectivity index (χ2v) is 8.49. The summed E-state index contributed by atoms with van der Waals surface area (Å²) in [5.74, 6) is -1.04.